The monoisotopic (exact) mass is 268 g/mol. The summed E-state index contributed by atoms with van der Waals surface area (Å²) in [5.41, 5.74) is 0.977. The van der Waals surface area contributed by atoms with Gasteiger partial charge in [0.1, 0.15) is 4.60 Å². The molecule has 0 atom stereocenters. The van der Waals surface area contributed by atoms with Crippen molar-refractivity contribution in [1.82, 2.24) is 9.97 Å². The van der Waals surface area contributed by atoms with E-state index in [0.717, 1.165) is 5.56 Å². The van der Waals surface area contributed by atoms with Crippen molar-refractivity contribution in [1.29, 1.82) is 0 Å². The fourth-order valence-corrected chi connectivity index (χ4v) is 1.43. The van der Waals surface area contributed by atoms with Gasteiger partial charge in [0.25, 0.3) is 0 Å². The Morgan fingerprint density at radius 2 is 1.86 bits per heavy atom. The van der Waals surface area contributed by atoms with Crippen LogP contribution in [0.5, 0.6) is 0 Å². The van der Waals surface area contributed by atoms with Crippen LogP contribution in [0.1, 0.15) is 0 Å². The van der Waals surface area contributed by atoms with E-state index in [4.69, 9.17) is 11.6 Å². The Bertz CT molecular complexity index is 445. The molecule has 1 heterocycles. The molecule has 0 fully saturated rings. The summed E-state index contributed by atoms with van der Waals surface area (Å²) in [6.45, 7) is 0. The van der Waals surface area contributed by atoms with E-state index < -0.39 is 0 Å². The van der Waals surface area contributed by atoms with Crippen molar-refractivity contribution in [3.05, 3.63) is 46.2 Å². The van der Waals surface area contributed by atoms with Gasteiger partial charge in [0, 0.05) is 5.56 Å². The first kappa shape index (κ1) is 9.62. The highest BCUT2D eigenvalue weighted by molar-refractivity contribution is 9.10. The third kappa shape index (κ3) is 1.94. The van der Waals surface area contributed by atoms with Crippen LogP contribution in [0.2, 0.25) is 5.02 Å². The van der Waals surface area contributed by atoms with Crippen molar-refractivity contribution in [3.8, 4) is 11.4 Å². The first-order chi connectivity index (χ1) is 6.77. The van der Waals surface area contributed by atoms with Gasteiger partial charge in [-0.3, -0.25) is 0 Å². The summed E-state index contributed by atoms with van der Waals surface area (Å²) in [5.74, 6) is 0.668. The second-order valence-corrected chi connectivity index (χ2v) is 3.86. The Balaban J connectivity index is 2.48. The van der Waals surface area contributed by atoms with Crippen LogP contribution in [0.15, 0.2) is 41.1 Å². The topological polar surface area (TPSA) is 25.8 Å². The molecule has 0 N–H and O–H groups in total. The van der Waals surface area contributed by atoms with Crippen molar-refractivity contribution < 1.29 is 0 Å². The van der Waals surface area contributed by atoms with Crippen LogP contribution in [-0.2, 0) is 0 Å². The lowest BCUT2D eigenvalue weighted by Gasteiger charge is -2.00. The van der Waals surface area contributed by atoms with Gasteiger partial charge in [-0.15, -0.1) is 0 Å². The Morgan fingerprint density at radius 1 is 1.14 bits per heavy atom. The average Bonchev–Trinajstić information content (AvgIpc) is 2.23. The van der Waals surface area contributed by atoms with Crippen molar-refractivity contribution >= 4 is 27.5 Å². The maximum atomic E-state index is 5.80. The van der Waals surface area contributed by atoms with Gasteiger partial charge in [0.2, 0.25) is 0 Å². The number of nitrogens with zero attached hydrogens (tertiary/aromatic N) is 2. The second kappa shape index (κ2) is 4.07. The summed E-state index contributed by atoms with van der Waals surface area (Å²) in [6, 6.07) is 9.75. The summed E-state index contributed by atoms with van der Waals surface area (Å²) in [4.78, 5) is 8.35. The largest absolute Gasteiger partial charge is 0.235 e. The second-order valence-electron chi connectivity index (χ2n) is 2.70. The summed E-state index contributed by atoms with van der Waals surface area (Å²) in [5, 5.41) is 0.518. The highest BCUT2D eigenvalue weighted by atomic mass is 79.9. The maximum absolute atomic E-state index is 5.80. The molecule has 4 heteroatoms. The van der Waals surface area contributed by atoms with Crippen LogP contribution in [-0.4, -0.2) is 9.97 Å². The Labute approximate surface area is 95.1 Å². The minimum atomic E-state index is 0.518. The zero-order valence-corrected chi connectivity index (χ0v) is 9.46. The highest BCUT2D eigenvalue weighted by Crippen LogP contribution is 2.22. The van der Waals surface area contributed by atoms with Crippen LogP contribution < -0.4 is 0 Å². The third-order valence-electron chi connectivity index (χ3n) is 1.73. The normalized spacial score (nSPS) is 10.1. The molecule has 0 aliphatic rings. The smallest absolute Gasteiger partial charge is 0.160 e. The molecule has 0 saturated carbocycles. The third-order valence-corrected chi connectivity index (χ3v) is 2.84. The van der Waals surface area contributed by atoms with Crippen LogP contribution >= 0.6 is 27.5 Å². The van der Waals surface area contributed by atoms with E-state index in [2.05, 4.69) is 25.9 Å². The van der Waals surface area contributed by atoms with Gasteiger partial charge in [0.15, 0.2) is 5.82 Å². The minimum Gasteiger partial charge on any atom is -0.235 e. The molecule has 2 aromatic rings. The Kier molecular flexibility index (Phi) is 2.79. The average molecular weight is 270 g/mol. The van der Waals surface area contributed by atoms with E-state index in [-0.39, 0.29) is 0 Å². The Morgan fingerprint density at radius 3 is 2.50 bits per heavy atom. The molecule has 0 saturated heterocycles. The maximum Gasteiger partial charge on any atom is 0.160 e. The molecule has 1 aromatic heterocycles. The molecule has 0 aliphatic heterocycles. The van der Waals surface area contributed by atoms with E-state index in [1.165, 1.54) is 0 Å². The molecule has 0 radical (unpaired) electrons. The number of halogens is 2. The number of hydrogen-bond acceptors (Lipinski definition) is 2. The van der Waals surface area contributed by atoms with E-state index in [9.17, 15) is 0 Å². The minimum absolute atomic E-state index is 0.518. The molecular weight excluding hydrogens is 263 g/mol. The quantitative estimate of drug-likeness (QED) is 0.740. The van der Waals surface area contributed by atoms with Gasteiger partial charge in [-0.05, 0) is 15.9 Å². The van der Waals surface area contributed by atoms with Crippen LogP contribution in [0.25, 0.3) is 11.4 Å². The first-order valence-electron chi connectivity index (χ1n) is 4.01. The number of rotatable bonds is 1. The molecule has 14 heavy (non-hydrogen) atoms. The molecule has 0 amide bonds. The number of benzene rings is 1. The fourth-order valence-electron chi connectivity index (χ4n) is 1.07. The standard InChI is InChI=1S/C10H6BrClN2/c11-9-8(12)6-13-10(14-9)7-4-2-1-3-5-7/h1-6H. The molecule has 2 nitrogen and oxygen atoms in total. The van der Waals surface area contributed by atoms with E-state index in [1.807, 2.05) is 30.3 Å². The lowest BCUT2D eigenvalue weighted by Crippen LogP contribution is -1.89. The molecule has 1 aromatic carbocycles. The predicted molar refractivity (Wildman–Crippen MR) is 60.2 cm³/mol. The number of aromatic nitrogens is 2. The van der Waals surface area contributed by atoms with Gasteiger partial charge >= 0.3 is 0 Å². The van der Waals surface area contributed by atoms with Crippen LogP contribution in [0, 0.1) is 0 Å². The van der Waals surface area contributed by atoms with Crippen molar-refractivity contribution in [2.24, 2.45) is 0 Å². The van der Waals surface area contributed by atoms with Crippen molar-refractivity contribution in [2.75, 3.05) is 0 Å². The highest BCUT2D eigenvalue weighted by Gasteiger charge is 2.03. The molecule has 0 bridgehead atoms. The molecular formula is C10H6BrClN2. The van der Waals surface area contributed by atoms with Gasteiger partial charge < -0.3 is 0 Å². The van der Waals surface area contributed by atoms with E-state index in [1.54, 1.807) is 6.20 Å². The predicted octanol–water partition coefficient (Wildman–Crippen LogP) is 3.56. The summed E-state index contributed by atoms with van der Waals surface area (Å²) < 4.78 is 0.619. The van der Waals surface area contributed by atoms with Gasteiger partial charge in [-0.2, -0.15) is 0 Å². The molecule has 0 unspecified atom stereocenters. The van der Waals surface area contributed by atoms with Gasteiger partial charge in [-0.25, -0.2) is 9.97 Å². The lowest BCUT2D eigenvalue weighted by atomic mass is 10.2. The van der Waals surface area contributed by atoms with Crippen molar-refractivity contribution in [2.45, 2.75) is 0 Å². The fraction of sp³-hybridized carbons (Fsp3) is 0. The molecule has 70 valence electrons. The number of hydrogen-bond donors (Lipinski definition) is 0. The van der Waals surface area contributed by atoms with Crippen molar-refractivity contribution in [3.63, 3.8) is 0 Å². The zero-order chi connectivity index (χ0) is 9.97. The molecule has 2 rings (SSSR count). The SMILES string of the molecule is Clc1cnc(-c2ccccc2)nc1Br. The summed E-state index contributed by atoms with van der Waals surface area (Å²) >= 11 is 9.06. The van der Waals surface area contributed by atoms with Gasteiger partial charge in [0.05, 0.1) is 11.2 Å². The summed E-state index contributed by atoms with van der Waals surface area (Å²) in [7, 11) is 0. The van der Waals surface area contributed by atoms with Gasteiger partial charge in [-0.1, -0.05) is 41.9 Å². The van der Waals surface area contributed by atoms with E-state index in [0.29, 0.717) is 15.5 Å². The van der Waals surface area contributed by atoms with E-state index >= 15 is 0 Å². The first-order valence-corrected chi connectivity index (χ1v) is 5.18. The lowest BCUT2D eigenvalue weighted by molar-refractivity contribution is 1.15. The van der Waals surface area contributed by atoms with Crippen LogP contribution in [0.3, 0.4) is 0 Å². The molecule has 0 aliphatic carbocycles. The Hall–Kier alpha value is -0.930. The zero-order valence-electron chi connectivity index (χ0n) is 7.11. The molecule has 0 spiro atoms. The van der Waals surface area contributed by atoms with Crippen LogP contribution in [0.4, 0.5) is 0 Å². The summed E-state index contributed by atoms with van der Waals surface area (Å²) in [6.07, 6.45) is 1.58.